The zero-order valence-corrected chi connectivity index (χ0v) is 14.5. The number of benzene rings is 1. The average Bonchev–Trinajstić information content (AvgIpc) is 3.04. The molecular weight excluding hydrogens is 340 g/mol. The number of nitrogens with one attached hydrogen (secondary N) is 1. The molecule has 2 aromatic rings. The largest absolute Gasteiger partial charge is 0.323 e. The molecule has 1 aliphatic heterocycles. The van der Waals surface area contributed by atoms with E-state index in [0.717, 1.165) is 0 Å². The Hall–Kier alpha value is -2.78. The second kappa shape index (κ2) is 7.41. The summed E-state index contributed by atoms with van der Waals surface area (Å²) in [5, 5.41) is 3.26. The van der Waals surface area contributed by atoms with Gasteiger partial charge in [-0.2, -0.15) is 0 Å². The molecule has 0 fully saturated rings. The number of anilines is 1. The molecule has 2 heterocycles. The van der Waals surface area contributed by atoms with E-state index in [1.165, 1.54) is 6.20 Å². The van der Waals surface area contributed by atoms with E-state index in [0.29, 0.717) is 48.3 Å². The van der Waals surface area contributed by atoms with Crippen LogP contribution >= 0.6 is 11.6 Å². The summed E-state index contributed by atoms with van der Waals surface area (Å²) in [6.07, 6.45) is 2.16. The highest BCUT2D eigenvalue weighted by molar-refractivity contribution is 6.33. The van der Waals surface area contributed by atoms with Crippen LogP contribution in [0.5, 0.6) is 0 Å². The third kappa shape index (κ3) is 3.67. The average molecular weight is 357 g/mol. The zero-order chi connectivity index (χ0) is 17.8. The summed E-state index contributed by atoms with van der Waals surface area (Å²) in [5.41, 5.74) is 0.994. The minimum atomic E-state index is -0.280. The molecule has 1 aliphatic rings. The van der Waals surface area contributed by atoms with Crippen LogP contribution in [0.25, 0.3) is 0 Å². The van der Waals surface area contributed by atoms with Crippen LogP contribution < -0.4 is 5.32 Å². The van der Waals surface area contributed by atoms with Gasteiger partial charge in [-0.3, -0.25) is 9.59 Å². The van der Waals surface area contributed by atoms with Crippen molar-refractivity contribution in [3.8, 4) is 11.8 Å². The van der Waals surface area contributed by atoms with Crippen molar-refractivity contribution < 1.29 is 9.59 Å². The highest BCUT2D eigenvalue weighted by Gasteiger charge is 2.25. The molecule has 0 saturated carbocycles. The van der Waals surface area contributed by atoms with Crippen LogP contribution in [0.15, 0.2) is 30.5 Å². The van der Waals surface area contributed by atoms with Crippen molar-refractivity contribution in [2.45, 2.75) is 26.4 Å². The number of carbonyl (C=O) groups is 2. The first-order valence-corrected chi connectivity index (χ1v) is 8.36. The quantitative estimate of drug-likeness (QED) is 0.841. The molecule has 6 nitrogen and oxygen atoms in total. The number of nitrogens with zero attached hydrogens (tertiary/aromatic N) is 3. The summed E-state index contributed by atoms with van der Waals surface area (Å²) in [5.74, 6) is 5.57. The van der Waals surface area contributed by atoms with E-state index in [2.05, 4.69) is 22.1 Å². The fourth-order valence-electron chi connectivity index (χ4n) is 2.61. The Morgan fingerprint density at radius 2 is 2.12 bits per heavy atom. The van der Waals surface area contributed by atoms with E-state index >= 15 is 0 Å². The maximum atomic E-state index is 12.5. The topological polar surface area (TPSA) is 67.2 Å². The Kier molecular flexibility index (Phi) is 5.05. The van der Waals surface area contributed by atoms with Crippen LogP contribution in [-0.2, 0) is 17.9 Å². The number of hydrogen-bond donors (Lipinski definition) is 1. The molecule has 1 aromatic carbocycles. The number of amides is 2. The minimum absolute atomic E-state index is 0.210. The standard InChI is InChI=1S/C18H17ClN4O2/c1-2-3-8-17(24)22-9-10-23-15(11-20-16(23)12-22)18(25)21-14-7-5-4-6-13(14)19/h4-7,11H,2,9-10,12H2,1H3,(H,21,25). The molecule has 2 amide bonds. The predicted octanol–water partition coefficient (Wildman–Crippen LogP) is 2.54. The van der Waals surface area contributed by atoms with Gasteiger partial charge in [0, 0.05) is 19.5 Å². The van der Waals surface area contributed by atoms with Crippen LogP contribution in [0.2, 0.25) is 5.02 Å². The van der Waals surface area contributed by atoms with Crippen LogP contribution in [0.1, 0.15) is 29.7 Å². The number of carbonyl (C=O) groups excluding carboxylic acids is 2. The number of para-hydroxylation sites is 1. The number of aromatic nitrogens is 2. The summed E-state index contributed by atoms with van der Waals surface area (Å²) >= 11 is 6.07. The monoisotopic (exact) mass is 356 g/mol. The van der Waals surface area contributed by atoms with Crippen molar-refractivity contribution in [2.75, 3.05) is 11.9 Å². The van der Waals surface area contributed by atoms with Gasteiger partial charge in [-0.25, -0.2) is 4.98 Å². The maximum Gasteiger partial charge on any atom is 0.298 e. The summed E-state index contributed by atoms with van der Waals surface area (Å²) < 4.78 is 1.82. The molecule has 0 saturated heterocycles. The van der Waals surface area contributed by atoms with Gasteiger partial charge in [0.25, 0.3) is 11.8 Å². The van der Waals surface area contributed by atoms with E-state index in [-0.39, 0.29) is 11.8 Å². The van der Waals surface area contributed by atoms with Crippen molar-refractivity contribution in [3.63, 3.8) is 0 Å². The molecule has 0 radical (unpaired) electrons. The molecule has 1 aromatic heterocycles. The lowest BCUT2D eigenvalue weighted by atomic mass is 10.3. The van der Waals surface area contributed by atoms with Crippen molar-refractivity contribution in [1.82, 2.24) is 14.5 Å². The SMILES string of the molecule is CCC#CC(=O)N1CCn2c(C(=O)Nc3ccccc3Cl)cnc2C1. The molecule has 0 aliphatic carbocycles. The molecule has 128 valence electrons. The number of rotatable bonds is 2. The smallest absolute Gasteiger partial charge is 0.298 e. The van der Waals surface area contributed by atoms with Gasteiger partial charge in [-0.05, 0) is 18.1 Å². The second-order valence-electron chi connectivity index (χ2n) is 5.53. The third-order valence-corrected chi connectivity index (χ3v) is 4.21. The number of halogens is 1. The first-order chi connectivity index (χ1) is 12.1. The highest BCUT2D eigenvalue weighted by Crippen LogP contribution is 2.22. The van der Waals surface area contributed by atoms with Crippen molar-refractivity contribution in [2.24, 2.45) is 0 Å². The molecule has 0 bridgehead atoms. The Bertz CT molecular complexity index is 879. The van der Waals surface area contributed by atoms with Gasteiger partial charge in [0.1, 0.15) is 11.5 Å². The van der Waals surface area contributed by atoms with E-state index in [4.69, 9.17) is 11.6 Å². The first-order valence-electron chi connectivity index (χ1n) is 7.98. The van der Waals surface area contributed by atoms with E-state index in [1.54, 1.807) is 29.2 Å². The molecule has 0 spiro atoms. The molecule has 3 rings (SSSR count). The van der Waals surface area contributed by atoms with Crippen molar-refractivity contribution in [3.05, 3.63) is 47.0 Å². The summed E-state index contributed by atoms with van der Waals surface area (Å²) in [7, 11) is 0. The van der Waals surface area contributed by atoms with Crippen molar-refractivity contribution >= 4 is 29.1 Å². The summed E-state index contributed by atoms with van der Waals surface area (Å²) in [6.45, 7) is 3.23. The predicted molar refractivity (Wildman–Crippen MR) is 95.1 cm³/mol. The van der Waals surface area contributed by atoms with E-state index in [9.17, 15) is 9.59 Å². The number of hydrogen-bond acceptors (Lipinski definition) is 3. The highest BCUT2D eigenvalue weighted by atomic mass is 35.5. The van der Waals surface area contributed by atoms with Gasteiger partial charge in [0.05, 0.1) is 23.5 Å². The van der Waals surface area contributed by atoms with Gasteiger partial charge < -0.3 is 14.8 Å². The van der Waals surface area contributed by atoms with Crippen LogP contribution in [0.3, 0.4) is 0 Å². The van der Waals surface area contributed by atoms with Gasteiger partial charge in [-0.1, -0.05) is 36.6 Å². The Balaban J connectivity index is 1.75. The van der Waals surface area contributed by atoms with Gasteiger partial charge in [0.2, 0.25) is 0 Å². The fraction of sp³-hybridized carbons (Fsp3) is 0.278. The molecule has 1 N–H and O–H groups in total. The third-order valence-electron chi connectivity index (χ3n) is 3.88. The van der Waals surface area contributed by atoms with Crippen LogP contribution in [0, 0.1) is 11.8 Å². The zero-order valence-electron chi connectivity index (χ0n) is 13.8. The summed E-state index contributed by atoms with van der Waals surface area (Å²) in [6, 6.07) is 7.05. The molecule has 0 unspecified atom stereocenters. The molecule has 7 heteroatoms. The van der Waals surface area contributed by atoms with E-state index < -0.39 is 0 Å². The Labute approximate surface area is 150 Å². The van der Waals surface area contributed by atoms with Crippen LogP contribution in [0.4, 0.5) is 5.69 Å². The van der Waals surface area contributed by atoms with Gasteiger partial charge >= 0.3 is 0 Å². The molecular formula is C18H17ClN4O2. The minimum Gasteiger partial charge on any atom is -0.323 e. The lowest BCUT2D eigenvalue weighted by molar-refractivity contribution is -0.126. The first kappa shape index (κ1) is 17.1. The lowest BCUT2D eigenvalue weighted by Crippen LogP contribution is -2.38. The van der Waals surface area contributed by atoms with E-state index in [1.807, 2.05) is 11.5 Å². The Morgan fingerprint density at radius 1 is 1.32 bits per heavy atom. The number of fused-ring (bicyclic) bond motifs is 1. The van der Waals surface area contributed by atoms with Gasteiger partial charge in [0.15, 0.2) is 0 Å². The molecule has 0 atom stereocenters. The summed E-state index contributed by atoms with van der Waals surface area (Å²) in [4.78, 5) is 30.5. The molecule has 25 heavy (non-hydrogen) atoms. The van der Waals surface area contributed by atoms with Crippen molar-refractivity contribution in [1.29, 1.82) is 0 Å². The maximum absolute atomic E-state index is 12.5. The lowest BCUT2D eigenvalue weighted by Gasteiger charge is -2.26. The van der Waals surface area contributed by atoms with Gasteiger partial charge in [-0.15, -0.1) is 0 Å². The second-order valence-corrected chi connectivity index (χ2v) is 5.93. The fourth-order valence-corrected chi connectivity index (χ4v) is 2.79. The van der Waals surface area contributed by atoms with Crippen LogP contribution in [-0.4, -0.2) is 32.8 Å². The number of imidazole rings is 1. The normalized spacial score (nSPS) is 12.8. The Morgan fingerprint density at radius 3 is 2.88 bits per heavy atom.